The molecule has 2 rings (SSSR count). The average molecular weight is 296 g/mol. The van der Waals surface area contributed by atoms with Crippen LogP contribution < -0.4 is 15.6 Å². The summed E-state index contributed by atoms with van der Waals surface area (Å²) in [6.45, 7) is 0. The molecule has 0 saturated carbocycles. The number of hydrazine groups is 1. The minimum absolute atomic E-state index is 0.0608. The molecule has 20 heavy (non-hydrogen) atoms. The van der Waals surface area contributed by atoms with Crippen LogP contribution in [0.3, 0.4) is 0 Å². The van der Waals surface area contributed by atoms with Crippen molar-refractivity contribution in [2.75, 3.05) is 16.8 Å². The Balaban J connectivity index is 2.46. The number of nitrogens with two attached hydrogens (primary N) is 1. The van der Waals surface area contributed by atoms with Crippen LogP contribution in [0.2, 0.25) is 0 Å². The third kappa shape index (κ3) is 2.56. The van der Waals surface area contributed by atoms with Crippen LogP contribution in [0.25, 0.3) is 0 Å². The normalized spacial score (nSPS) is 11.2. The summed E-state index contributed by atoms with van der Waals surface area (Å²) in [4.78, 5) is 3.73. The number of aromatic nitrogens is 1. The maximum Gasteiger partial charge on any atom is 0.267 e. The molecule has 0 atom stereocenters. The van der Waals surface area contributed by atoms with E-state index in [0.29, 0.717) is 5.69 Å². The van der Waals surface area contributed by atoms with Gasteiger partial charge in [-0.2, -0.15) is 0 Å². The van der Waals surface area contributed by atoms with Crippen molar-refractivity contribution in [3.63, 3.8) is 0 Å². The standard InChI is InChI=1S/C12H13FN4O2S/c1-17(10-4-2-9(13)3-5-10)20(18,19)12-8-15-7-6-11(12)16-14/h2-8H,14H2,1H3,(H,15,16). The molecule has 0 aliphatic heterocycles. The molecular formula is C12H13FN4O2S. The molecule has 0 aliphatic rings. The van der Waals surface area contributed by atoms with Gasteiger partial charge >= 0.3 is 0 Å². The van der Waals surface area contributed by atoms with Crippen molar-refractivity contribution in [3.05, 3.63) is 48.5 Å². The van der Waals surface area contributed by atoms with Crippen molar-refractivity contribution in [1.82, 2.24) is 4.98 Å². The number of nitrogens with zero attached hydrogens (tertiary/aromatic N) is 2. The van der Waals surface area contributed by atoms with Gasteiger partial charge in [-0.25, -0.2) is 12.8 Å². The smallest absolute Gasteiger partial charge is 0.267 e. The summed E-state index contributed by atoms with van der Waals surface area (Å²) in [5.41, 5.74) is 2.87. The number of benzene rings is 1. The predicted molar refractivity (Wildman–Crippen MR) is 74.0 cm³/mol. The summed E-state index contributed by atoms with van der Waals surface area (Å²) >= 11 is 0. The number of pyridine rings is 1. The molecule has 1 aromatic heterocycles. The van der Waals surface area contributed by atoms with Crippen molar-refractivity contribution in [2.45, 2.75) is 4.90 Å². The van der Waals surface area contributed by atoms with E-state index in [1.54, 1.807) is 0 Å². The van der Waals surface area contributed by atoms with Gasteiger partial charge in [0.1, 0.15) is 10.7 Å². The summed E-state index contributed by atoms with van der Waals surface area (Å²) in [6, 6.07) is 6.57. The van der Waals surface area contributed by atoms with E-state index >= 15 is 0 Å². The monoisotopic (exact) mass is 296 g/mol. The minimum atomic E-state index is -3.84. The van der Waals surface area contributed by atoms with Crippen molar-refractivity contribution in [1.29, 1.82) is 0 Å². The van der Waals surface area contributed by atoms with Gasteiger partial charge in [0.2, 0.25) is 0 Å². The summed E-state index contributed by atoms with van der Waals surface area (Å²) in [5.74, 6) is 4.86. The van der Waals surface area contributed by atoms with Gasteiger partial charge in [-0.05, 0) is 30.3 Å². The second-order valence-corrected chi connectivity index (χ2v) is 5.90. The largest absolute Gasteiger partial charge is 0.323 e. The molecule has 106 valence electrons. The van der Waals surface area contributed by atoms with Crippen LogP contribution in [0.5, 0.6) is 0 Å². The van der Waals surface area contributed by atoms with E-state index in [2.05, 4.69) is 10.4 Å². The quantitative estimate of drug-likeness (QED) is 0.656. The lowest BCUT2D eigenvalue weighted by Gasteiger charge is -2.20. The first-order valence-electron chi connectivity index (χ1n) is 5.62. The van der Waals surface area contributed by atoms with Crippen molar-refractivity contribution < 1.29 is 12.8 Å². The molecule has 0 unspecified atom stereocenters. The van der Waals surface area contributed by atoms with Crippen LogP contribution in [0, 0.1) is 5.82 Å². The highest BCUT2D eigenvalue weighted by atomic mass is 32.2. The third-order valence-electron chi connectivity index (χ3n) is 2.77. The first-order valence-corrected chi connectivity index (χ1v) is 7.06. The molecule has 0 spiro atoms. The summed E-state index contributed by atoms with van der Waals surface area (Å²) < 4.78 is 38.9. The molecule has 0 aliphatic carbocycles. The molecule has 0 saturated heterocycles. The Kier molecular flexibility index (Phi) is 3.86. The van der Waals surface area contributed by atoms with Gasteiger partial charge in [0.05, 0.1) is 11.4 Å². The maximum absolute atomic E-state index is 12.9. The van der Waals surface area contributed by atoms with Crippen molar-refractivity contribution in [3.8, 4) is 0 Å². The molecule has 2 aromatic rings. The molecule has 1 heterocycles. The van der Waals surface area contributed by atoms with E-state index in [-0.39, 0.29) is 10.6 Å². The van der Waals surface area contributed by atoms with Crippen LogP contribution in [0.1, 0.15) is 0 Å². The molecule has 3 N–H and O–H groups in total. The van der Waals surface area contributed by atoms with Gasteiger partial charge in [-0.3, -0.25) is 15.1 Å². The first-order chi connectivity index (χ1) is 9.46. The lowest BCUT2D eigenvalue weighted by molar-refractivity contribution is 0.594. The Bertz CT molecular complexity index is 704. The van der Waals surface area contributed by atoms with Gasteiger partial charge in [-0.1, -0.05) is 0 Å². The third-order valence-corrected chi connectivity index (χ3v) is 4.58. The maximum atomic E-state index is 12.9. The highest BCUT2D eigenvalue weighted by Crippen LogP contribution is 2.26. The molecule has 1 aromatic carbocycles. The van der Waals surface area contributed by atoms with E-state index in [4.69, 9.17) is 5.84 Å². The van der Waals surface area contributed by atoms with E-state index in [0.717, 1.165) is 4.31 Å². The molecule has 0 radical (unpaired) electrons. The van der Waals surface area contributed by atoms with Crippen LogP contribution in [-0.2, 0) is 10.0 Å². The van der Waals surface area contributed by atoms with Gasteiger partial charge in [-0.15, -0.1) is 0 Å². The highest BCUT2D eigenvalue weighted by molar-refractivity contribution is 7.93. The molecule has 0 bridgehead atoms. The number of anilines is 2. The topological polar surface area (TPSA) is 88.3 Å². The number of hydrogen-bond donors (Lipinski definition) is 2. The average Bonchev–Trinajstić information content (AvgIpc) is 2.47. The number of sulfonamides is 1. The SMILES string of the molecule is CN(c1ccc(F)cc1)S(=O)(=O)c1cnccc1NN. The highest BCUT2D eigenvalue weighted by Gasteiger charge is 2.24. The zero-order chi connectivity index (χ0) is 14.8. The number of halogens is 1. The van der Waals surface area contributed by atoms with E-state index in [1.807, 2.05) is 0 Å². The van der Waals surface area contributed by atoms with Crippen LogP contribution >= 0.6 is 0 Å². The lowest BCUT2D eigenvalue weighted by atomic mass is 10.3. The second-order valence-electron chi connectivity index (χ2n) is 3.97. The van der Waals surface area contributed by atoms with Gasteiger partial charge < -0.3 is 5.43 Å². The Morgan fingerprint density at radius 3 is 2.50 bits per heavy atom. The zero-order valence-corrected chi connectivity index (χ0v) is 11.4. The Hall–Kier alpha value is -2.19. The Morgan fingerprint density at radius 2 is 1.90 bits per heavy atom. The summed E-state index contributed by atoms with van der Waals surface area (Å²) in [5, 5.41) is 0. The van der Waals surface area contributed by atoms with Crippen LogP contribution in [-0.4, -0.2) is 20.4 Å². The minimum Gasteiger partial charge on any atom is -0.323 e. The number of nitrogens with one attached hydrogen (secondary N) is 1. The first kappa shape index (κ1) is 14.2. The van der Waals surface area contributed by atoms with E-state index in [9.17, 15) is 12.8 Å². The number of hydrogen-bond acceptors (Lipinski definition) is 5. The molecule has 0 amide bonds. The second kappa shape index (κ2) is 5.43. The van der Waals surface area contributed by atoms with Crippen LogP contribution in [0.15, 0.2) is 47.6 Å². The molecule has 6 nitrogen and oxygen atoms in total. The Labute approximate surface area is 116 Å². The van der Waals surface area contributed by atoms with E-state index < -0.39 is 15.8 Å². The molecular weight excluding hydrogens is 283 g/mol. The fourth-order valence-corrected chi connectivity index (χ4v) is 2.94. The molecule has 8 heteroatoms. The van der Waals surface area contributed by atoms with Gasteiger partial charge in [0.25, 0.3) is 10.0 Å². The van der Waals surface area contributed by atoms with Gasteiger partial charge in [0, 0.05) is 19.4 Å². The van der Waals surface area contributed by atoms with Gasteiger partial charge in [0.15, 0.2) is 0 Å². The summed E-state index contributed by atoms with van der Waals surface area (Å²) in [6.07, 6.45) is 2.62. The number of nitrogen functional groups attached to an aromatic ring is 1. The van der Waals surface area contributed by atoms with Crippen molar-refractivity contribution in [2.24, 2.45) is 5.84 Å². The van der Waals surface area contributed by atoms with Crippen molar-refractivity contribution >= 4 is 21.4 Å². The van der Waals surface area contributed by atoms with E-state index in [1.165, 1.54) is 49.8 Å². The Morgan fingerprint density at radius 1 is 1.25 bits per heavy atom. The predicted octanol–water partition coefficient (Wildman–Crippen LogP) is 1.33. The fourth-order valence-electron chi connectivity index (χ4n) is 1.64. The fraction of sp³-hybridized carbons (Fsp3) is 0.0833. The zero-order valence-electron chi connectivity index (χ0n) is 10.6. The number of rotatable bonds is 4. The molecule has 0 fully saturated rings. The summed E-state index contributed by atoms with van der Waals surface area (Å²) in [7, 11) is -2.47. The van der Waals surface area contributed by atoms with Crippen LogP contribution in [0.4, 0.5) is 15.8 Å². The lowest BCUT2D eigenvalue weighted by Crippen LogP contribution is -2.28.